The van der Waals surface area contributed by atoms with Crippen molar-refractivity contribution in [3.05, 3.63) is 29.8 Å². The van der Waals surface area contributed by atoms with Crippen molar-refractivity contribution in [2.45, 2.75) is 38.3 Å². The normalized spacial score (nSPS) is 20.0. The van der Waals surface area contributed by atoms with Crippen LogP contribution in [0.1, 0.15) is 36.5 Å². The van der Waals surface area contributed by atoms with Crippen LogP contribution in [-0.2, 0) is 0 Å². The van der Waals surface area contributed by atoms with Crippen molar-refractivity contribution in [3.8, 4) is 0 Å². The molecule has 1 N–H and O–H groups in total. The van der Waals surface area contributed by atoms with E-state index in [2.05, 4.69) is 0 Å². The van der Waals surface area contributed by atoms with E-state index in [0.717, 1.165) is 30.6 Å². The molecule has 0 spiro atoms. The summed E-state index contributed by atoms with van der Waals surface area (Å²) in [6.45, 7) is 2.58. The Hall–Kier alpha value is -1.55. The first kappa shape index (κ1) is 14.9. The molecule has 0 radical (unpaired) electrons. The van der Waals surface area contributed by atoms with Crippen LogP contribution in [0, 0.1) is 0 Å². The number of likely N-dealkylation sites (tertiary alicyclic amines) is 1. The lowest BCUT2D eigenvalue weighted by atomic mass is 10.1. The van der Waals surface area contributed by atoms with Gasteiger partial charge in [-0.1, -0.05) is 6.07 Å². The SMILES string of the molecule is CC(O)CC1CCCN1C(=O)c1cccc(N(C)C)c1. The number of nitrogens with zero attached hydrogens (tertiary/aromatic N) is 2. The second-order valence-electron chi connectivity index (χ2n) is 5.82. The first-order chi connectivity index (χ1) is 9.49. The van der Waals surface area contributed by atoms with Crippen LogP contribution >= 0.6 is 0 Å². The van der Waals surface area contributed by atoms with Crippen LogP contribution in [0.4, 0.5) is 5.69 Å². The fraction of sp³-hybridized carbons (Fsp3) is 0.562. The van der Waals surface area contributed by atoms with E-state index in [-0.39, 0.29) is 18.1 Å². The maximum Gasteiger partial charge on any atom is 0.254 e. The molecule has 2 unspecified atom stereocenters. The zero-order chi connectivity index (χ0) is 14.7. The molecule has 1 amide bonds. The molecular formula is C16H24N2O2. The highest BCUT2D eigenvalue weighted by Crippen LogP contribution is 2.24. The van der Waals surface area contributed by atoms with Crippen molar-refractivity contribution in [1.82, 2.24) is 4.90 Å². The van der Waals surface area contributed by atoms with E-state index in [1.807, 2.05) is 48.2 Å². The van der Waals surface area contributed by atoms with Gasteiger partial charge in [-0.05, 0) is 44.4 Å². The number of hydrogen-bond acceptors (Lipinski definition) is 3. The molecule has 4 nitrogen and oxygen atoms in total. The summed E-state index contributed by atoms with van der Waals surface area (Å²) >= 11 is 0. The van der Waals surface area contributed by atoms with Gasteiger partial charge < -0.3 is 14.9 Å². The summed E-state index contributed by atoms with van der Waals surface area (Å²) in [5.74, 6) is 0.0804. The number of benzene rings is 1. The molecule has 2 atom stereocenters. The Kier molecular flexibility index (Phi) is 4.65. The van der Waals surface area contributed by atoms with Gasteiger partial charge in [0.2, 0.25) is 0 Å². The maximum atomic E-state index is 12.6. The Labute approximate surface area is 121 Å². The van der Waals surface area contributed by atoms with Gasteiger partial charge in [0.25, 0.3) is 5.91 Å². The van der Waals surface area contributed by atoms with Gasteiger partial charge in [0, 0.05) is 37.9 Å². The van der Waals surface area contributed by atoms with Gasteiger partial charge in [-0.2, -0.15) is 0 Å². The minimum atomic E-state index is -0.360. The highest BCUT2D eigenvalue weighted by molar-refractivity contribution is 5.95. The summed E-state index contributed by atoms with van der Waals surface area (Å²) in [4.78, 5) is 16.6. The zero-order valence-electron chi connectivity index (χ0n) is 12.5. The lowest BCUT2D eigenvalue weighted by Crippen LogP contribution is -2.37. The van der Waals surface area contributed by atoms with Crippen LogP contribution in [-0.4, -0.2) is 48.7 Å². The van der Waals surface area contributed by atoms with Crippen LogP contribution in [0.2, 0.25) is 0 Å². The lowest BCUT2D eigenvalue weighted by Gasteiger charge is -2.26. The minimum Gasteiger partial charge on any atom is -0.393 e. The molecular weight excluding hydrogens is 252 g/mol. The van der Waals surface area contributed by atoms with Gasteiger partial charge in [-0.3, -0.25) is 4.79 Å². The average molecular weight is 276 g/mol. The third kappa shape index (κ3) is 3.31. The largest absolute Gasteiger partial charge is 0.393 e. The van der Waals surface area contributed by atoms with Gasteiger partial charge in [0.1, 0.15) is 0 Å². The molecule has 4 heteroatoms. The third-order valence-electron chi connectivity index (χ3n) is 3.86. The Balaban J connectivity index is 2.16. The number of hydrogen-bond donors (Lipinski definition) is 1. The molecule has 1 heterocycles. The van der Waals surface area contributed by atoms with Gasteiger partial charge in [-0.25, -0.2) is 0 Å². The second-order valence-corrected chi connectivity index (χ2v) is 5.82. The molecule has 110 valence electrons. The third-order valence-corrected chi connectivity index (χ3v) is 3.86. The zero-order valence-corrected chi connectivity index (χ0v) is 12.5. The molecule has 1 saturated heterocycles. The van der Waals surface area contributed by atoms with Crippen molar-refractivity contribution in [1.29, 1.82) is 0 Å². The summed E-state index contributed by atoms with van der Waals surface area (Å²) in [6, 6.07) is 7.88. The van der Waals surface area contributed by atoms with E-state index < -0.39 is 0 Å². The van der Waals surface area contributed by atoms with Crippen molar-refractivity contribution >= 4 is 11.6 Å². The molecule has 1 fully saturated rings. The monoisotopic (exact) mass is 276 g/mol. The molecule has 20 heavy (non-hydrogen) atoms. The van der Waals surface area contributed by atoms with E-state index in [9.17, 15) is 9.90 Å². The summed E-state index contributed by atoms with van der Waals surface area (Å²) in [7, 11) is 3.94. The second kappa shape index (κ2) is 6.27. The van der Waals surface area contributed by atoms with Crippen molar-refractivity contribution in [2.24, 2.45) is 0 Å². The number of aliphatic hydroxyl groups excluding tert-OH is 1. The maximum absolute atomic E-state index is 12.6. The topological polar surface area (TPSA) is 43.8 Å². The summed E-state index contributed by atoms with van der Waals surface area (Å²) in [5.41, 5.74) is 1.76. The summed E-state index contributed by atoms with van der Waals surface area (Å²) < 4.78 is 0. The van der Waals surface area contributed by atoms with Gasteiger partial charge in [0.15, 0.2) is 0 Å². The Morgan fingerprint density at radius 1 is 1.50 bits per heavy atom. The molecule has 0 saturated carbocycles. The summed E-state index contributed by atoms with van der Waals surface area (Å²) in [5, 5.41) is 9.56. The molecule has 0 aromatic heterocycles. The molecule has 0 aliphatic carbocycles. The Morgan fingerprint density at radius 3 is 2.90 bits per heavy atom. The van der Waals surface area contributed by atoms with Crippen molar-refractivity contribution < 1.29 is 9.90 Å². The highest BCUT2D eigenvalue weighted by atomic mass is 16.3. The van der Waals surface area contributed by atoms with Crippen molar-refractivity contribution in [3.63, 3.8) is 0 Å². The number of amides is 1. The van der Waals surface area contributed by atoms with Crippen LogP contribution in [0.15, 0.2) is 24.3 Å². The van der Waals surface area contributed by atoms with E-state index in [4.69, 9.17) is 0 Å². The fourth-order valence-corrected chi connectivity index (χ4v) is 2.82. The molecule has 1 aromatic carbocycles. The standard InChI is InChI=1S/C16H24N2O2/c1-12(19)10-15-8-5-9-18(15)16(20)13-6-4-7-14(11-13)17(2)3/h4,6-7,11-12,15,19H,5,8-10H2,1-3H3. The Morgan fingerprint density at radius 2 is 2.25 bits per heavy atom. The number of anilines is 1. The van der Waals surface area contributed by atoms with Crippen LogP contribution in [0.3, 0.4) is 0 Å². The van der Waals surface area contributed by atoms with Crippen molar-refractivity contribution in [2.75, 3.05) is 25.5 Å². The molecule has 1 aliphatic rings. The number of aliphatic hydroxyl groups is 1. The molecule has 1 aliphatic heterocycles. The summed E-state index contributed by atoms with van der Waals surface area (Å²) in [6.07, 6.45) is 2.32. The van der Waals surface area contributed by atoms with E-state index in [1.54, 1.807) is 6.92 Å². The minimum absolute atomic E-state index is 0.0804. The van der Waals surface area contributed by atoms with E-state index in [1.165, 1.54) is 0 Å². The molecule has 2 rings (SSSR count). The fourth-order valence-electron chi connectivity index (χ4n) is 2.82. The first-order valence-corrected chi connectivity index (χ1v) is 7.25. The quantitative estimate of drug-likeness (QED) is 0.916. The average Bonchev–Trinajstić information content (AvgIpc) is 2.85. The number of carbonyl (C=O) groups excluding carboxylic acids is 1. The van der Waals surface area contributed by atoms with E-state index in [0.29, 0.717) is 6.42 Å². The molecule has 0 bridgehead atoms. The van der Waals surface area contributed by atoms with Gasteiger partial charge >= 0.3 is 0 Å². The Bertz CT molecular complexity index is 471. The van der Waals surface area contributed by atoms with Crippen LogP contribution in [0.5, 0.6) is 0 Å². The van der Waals surface area contributed by atoms with E-state index >= 15 is 0 Å². The number of rotatable bonds is 4. The first-order valence-electron chi connectivity index (χ1n) is 7.25. The molecule has 1 aromatic rings. The van der Waals surface area contributed by atoms with Gasteiger partial charge in [0.05, 0.1) is 6.10 Å². The predicted molar refractivity (Wildman–Crippen MR) is 81.1 cm³/mol. The highest BCUT2D eigenvalue weighted by Gasteiger charge is 2.30. The van der Waals surface area contributed by atoms with Gasteiger partial charge in [-0.15, -0.1) is 0 Å². The van der Waals surface area contributed by atoms with Crippen LogP contribution < -0.4 is 4.90 Å². The smallest absolute Gasteiger partial charge is 0.254 e. The van der Waals surface area contributed by atoms with Crippen LogP contribution in [0.25, 0.3) is 0 Å². The predicted octanol–water partition coefficient (Wildman–Crippen LogP) is 2.13. The number of carbonyl (C=O) groups is 1. The lowest BCUT2D eigenvalue weighted by molar-refractivity contribution is 0.0682.